The van der Waals surface area contributed by atoms with E-state index >= 15 is 0 Å². The molecule has 2 N–H and O–H groups in total. The van der Waals surface area contributed by atoms with Crippen LogP contribution in [0.2, 0.25) is 0 Å². The Balaban J connectivity index is 1.88. The number of benzene rings is 2. The van der Waals surface area contributed by atoms with Crippen LogP contribution >= 0.6 is 0 Å². The highest BCUT2D eigenvalue weighted by Gasteiger charge is 2.10. The van der Waals surface area contributed by atoms with Crippen molar-refractivity contribution in [2.75, 3.05) is 19.0 Å². The molecule has 0 aliphatic carbocycles. The molecule has 0 aromatic heterocycles. The van der Waals surface area contributed by atoms with Gasteiger partial charge in [-0.1, -0.05) is 24.3 Å². The number of methoxy groups -OCH3 is 1. The van der Waals surface area contributed by atoms with Crippen molar-refractivity contribution in [2.24, 2.45) is 0 Å². The molecule has 2 aromatic carbocycles. The van der Waals surface area contributed by atoms with Crippen LogP contribution in [0.15, 0.2) is 42.5 Å². The minimum atomic E-state index is -0.738. The van der Waals surface area contributed by atoms with Crippen LogP contribution in [-0.4, -0.2) is 19.6 Å². The summed E-state index contributed by atoms with van der Waals surface area (Å²) in [7, 11) is 1.54. The summed E-state index contributed by atoms with van der Waals surface area (Å²) < 4.78 is 32.0. The van der Waals surface area contributed by atoms with Crippen LogP contribution in [0.1, 0.15) is 5.56 Å². The third-order valence-electron chi connectivity index (χ3n) is 3.06. The Morgan fingerprint density at radius 1 is 1.09 bits per heavy atom. The van der Waals surface area contributed by atoms with E-state index in [-0.39, 0.29) is 24.7 Å². The van der Waals surface area contributed by atoms with Gasteiger partial charge in [-0.05, 0) is 18.2 Å². The lowest BCUT2D eigenvalue weighted by atomic mass is 10.2. The predicted octanol–water partition coefficient (Wildman–Crippen LogP) is 2.70. The van der Waals surface area contributed by atoms with Crippen LogP contribution < -0.4 is 15.4 Å². The molecule has 1 amide bonds. The zero-order valence-electron chi connectivity index (χ0n) is 12.0. The first-order valence-electron chi connectivity index (χ1n) is 6.68. The number of halogens is 2. The van der Waals surface area contributed by atoms with Crippen LogP contribution in [0.25, 0.3) is 0 Å². The molecule has 2 aromatic rings. The molecule has 0 radical (unpaired) electrons. The summed E-state index contributed by atoms with van der Waals surface area (Å²) in [5.41, 5.74) is 0.505. The maximum Gasteiger partial charge on any atom is 0.239 e. The molecule has 2 rings (SSSR count). The fraction of sp³-hybridized carbons (Fsp3) is 0.188. The lowest BCUT2D eigenvalue weighted by Gasteiger charge is -2.11. The topological polar surface area (TPSA) is 50.4 Å². The van der Waals surface area contributed by atoms with Gasteiger partial charge in [0.2, 0.25) is 5.91 Å². The minimum Gasteiger partial charge on any atom is -0.496 e. The maximum absolute atomic E-state index is 13.4. The number of para-hydroxylation sites is 2. The van der Waals surface area contributed by atoms with Gasteiger partial charge in [-0.15, -0.1) is 0 Å². The fourth-order valence-electron chi connectivity index (χ4n) is 1.94. The first-order chi connectivity index (χ1) is 10.6. The Labute approximate surface area is 127 Å². The van der Waals surface area contributed by atoms with E-state index in [4.69, 9.17) is 4.74 Å². The number of hydrogen-bond donors (Lipinski definition) is 2. The number of carbonyl (C=O) groups excluding carboxylic acids is 1. The Bertz CT molecular complexity index is 642. The van der Waals surface area contributed by atoms with Crippen molar-refractivity contribution in [3.8, 4) is 5.75 Å². The van der Waals surface area contributed by atoms with Gasteiger partial charge in [-0.2, -0.15) is 0 Å². The fourth-order valence-corrected chi connectivity index (χ4v) is 1.94. The van der Waals surface area contributed by atoms with Crippen molar-refractivity contribution in [3.63, 3.8) is 0 Å². The van der Waals surface area contributed by atoms with E-state index in [2.05, 4.69) is 10.6 Å². The SMILES string of the molecule is COc1ccccc1CNC(=O)CNc1c(F)cccc1F. The Morgan fingerprint density at radius 2 is 1.77 bits per heavy atom. The number of nitrogens with one attached hydrogen (secondary N) is 2. The number of amides is 1. The molecule has 0 unspecified atom stereocenters. The highest BCUT2D eigenvalue weighted by Crippen LogP contribution is 2.18. The number of ether oxygens (including phenoxy) is 1. The van der Waals surface area contributed by atoms with Crippen molar-refractivity contribution < 1.29 is 18.3 Å². The average molecular weight is 306 g/mol. The molecule has 4 nitrogen and oxygen atoms in total. The zero-order chi connectivity index (χ0) is 15.9. The molecule has 116 valence electrons. The van der Waals surface area contributed by atoms with E-state index in [1.807, 2.05) is 18.2 Å². The van der Waals surface area contributed by atoms with Crippen molar-refractivity contribution >= 4 is 11.6 Å². The van der Waals surface area contributed by atoms with E-state index in [0.29, 0.717) is 5.75 Å². The van der Waals surface area contributed by atoms with Gasteiger partial charge in [-0.3, -0.25) is 4.79 Å². The van der Waals surface area contributed by atoms with E-state index < -0.39 is 11.6 Å². The summed E-state index contributed by atoms with van der Waals surface area (Å²) in [6, 6.07) is 10.8. The second-order valence-electron chi connectivity index (χ2n) is 4.54. The third kappa shape index (κ3) is 3.94. The standard InChI is InChI=1S/C16H16F2N2O2/c1-22-14-8-3-2-5-11(14)9-19-15(21)10-20-16-12(17)6-4-7-13(16)18/h2-8,20H,9-10H2,1H3,(H,19,21). The van der Waals surface area contributed by atoms with E-state index in [9.17, 15) is 13.6 Å². The molecular weight excluding hydrogens is 290 g/mol. The number of anilines is 1. The lowest BCUT2D eigenvalue weighted by Crippen LogP contribution is -2.29. The van der Waals surface area contributed by atoms with Gasteiger partial charge < -0.3 is 15.4 Å². The van der Waals surface area contributed by atoms with Crippen LogP contribution in [-0.2, 0) is 11.3 Å². The predicted molar refractivity (Wildman–Crippen MR) is 79.7 cm³/mol. The Morgan fingerprint density at radius 3 is 2.45 bits per heavy atom. The first-order valence-corrected chi connectivity index (χ1v) is 6.68. The molecule has 0 saturated carbocycles. The van der Waals surface area contributed by atoms with Crippen LogP contribution in [0.3, 0.4) is 0 Å². The Kier molecular flexibility index (Phi) is 5.30. The van der Waals surface area contributed by atoms with Crippen molar-refractivity contribution in [1.29, 1.82) is 0 Å². The van der Waals surface area contributed by atoms with Crippen molar-refractivity contribution in [2.45, 2.75) is 6.54 Å². The second-order valence-corrected chi connectivity index (χ2v) is 4.54. The highest BCUT2D eigenvalue weighted by atomic mass is 19.1. The number of carbonyl (C=O) groups is 1. The summed E-state index contributed by atoms with van der Waals surface area (Å²) in [5.74, 6) is -1.19. The molecule has 6 heteroatoms. The zero-order valence-corrected chi connectivity index (χ0v) is 12.0. The number of rotatable bonds is 6. The van der Waals surface area contributed by atoms with Crippen LogP contribution in [0, 0.1) is 11.6 Å². The molecule has 22 heavy (non-hydrogen) atoms. The second kappa shape index (κ2) is 7.40. The van der Waals surface area contributed by atoms with Gasteiger partial charge in [0.05, 0.1) is 13.7 Å². The minimum absolute atomic E-state index is 0.229. The molecule has 0 saturated heterocycles. The normalized spacial score (nSPS) is 10.1. The number of hydrogen-bond acceptors (Lipinski definition) is 3. The molecule has 0 spiro atoms. The monoisotopic (exact) mass is 306 g/mol. The van der Waals surface area contributed by atoms with Gasteiger partial charge in [0.15, 0.2) is 0 Å². The van der Waals surface area contributed by atoms with E-state index in [0.717, 1.165) is 17.7 Å². The molecule has 0 bridgehead atoms. The maximum atomic E-state index is 13.4. The lowest BCUT2D eigenvalue weighted by molar-refractivity contribution is -0.119. The molecule has 0 heterocycles. The van der Waals surface area contributed by atoms with Gasteiger partial charge in [0.1, 0.15) is 23.1 Å². The molecule has 0 aliphatic rings. The summed E-state index contributed by atoms with van der Waals surface area (Å²) in [5, 5.41) is 5.11. The van der Waals surface area contributed by atoms with Gasteiger partial charge in [0, 0.05) is 12.1 Å². The molecule has 0 fully saturated rings. The van der Waals surface area contributed by atoms with Crippen LogP contribution in [0.5, 0.6) is 5.75 Å². The van der Waals surface area contributed by atoms with E-state index in [1.165, 1.54) is 6.07 Å². The van der Waals surface area contributed by atoms with Crippen LogP contribution in [0.4, 0.5) is 14.5 Å². The van der Waals surface area contributed by atoms with Crippen molar-refractivity contribution in [3.05, 3.63) is 59.7 Å². The van der Waals surface area contributed by atoms with Gasteiger partial charge >= 0.3 is 0 Å². The quantitative estimate of drug-likeness (QED) is 0.863. The summed E-state index contributed by atoms with van der Waals surface area (Å²) >= 11 is 0. The third-order valence-corrected chi connectivity index (χ3v) is 3.06. The molecular formula is C16H16F2N2O2. The largest absolute Gasteiger partial charge is 0.496 e. The summed E-state index contributed by atoms with van der Waals surface area (Å²) in [6.07, 6.45) is 0. The molecule has 0 aliphatic heterocycles. The van der Waals surface area contributed by atoms with E-state index in [1.54, 1.807) is 13.2 Å². The highest BCUT2D eigenvalue weighted by molar-refractivity contribution is 5.80. The van der Waals surface area contributed by atoms with Gasteiger partial charge in [-0.25, -0.2) is 8.78 Å². The first kappa shape index (κ1) is 15.8. The smallest absolute Gasteiger partial charge is 0.239 e. The van der Waals surface area contributed by atoms with Crippen molar-refractivity contribution in [1.82, 2.24) is 5.32 Å². The van der Waals surface area contributed by atoms with Gasteiger partial charge in [0.25, 0.3) is 0 Å². The summed E-state index contributed by atoms with van der Waals surface area (Å²) in [4.78, 5) is 11.8. The molecule has 0 atom stereocenters. The Hall–Kier alpha value is -2.63. The summed E-state index contributed by atoms with van der Waals surface area (Å²) in [6.45, 7) is 0.0390. The average Bonchev–Trinajstić information content (AvgIpc) is 2.52.